The lowest BCUT2D eigenvalue weighted by atomic mass is 10.1. The second-order valence-electron chi connectivity index (χ2n) is 5.72. The summed E-state index contributed by atoms with van der Waals surface area (Å²) >= 11 is 1.48. The number of alkyl halides is 3. The van der Waals surface area contributed by atoms with Gasteiger partial charge in [0.1, 0.15) is 5.01 Å². The van der Waals surface area contributed by atoms with Crippen molar-refractivity contribution >= 4 is 17.2 Å². The molecule has 0 fully saturated rings. The molecule has 0 spiro atoms. The fourth-order valence-electron chi connectivity index (χ4n) is 2.41. The SMILES string of the molecule is Cc1ccccc1-c1nc(CNC(=O)c2ccc(C(F)(F)F)cc2)cs1. The van der Waals surface area contributed by atoms with Crippen molar-refractivity contribution in [1.29, 1.82) is 0 Å². The largest absolute Gasteiger partial charge is 0.416 e. The highest BCUT2D eigenvalue weighted by atomic mass is 32.1. The smallest absolute Gasteiger partial charge is 0.346 e. The summed E-state index contributed by atoms with van der Waals surface area (Å²) in [5, 5.41) is 5.40. The van der Waals surface area contributed by atoms with Crippen molar-refractivity contribution in [3.63, 3.8) is 0 Å². The Kier molecular flexibility index (Phi) is 5.08. The zero-order valence-corrected chi connectivity index (χ0v) is 14.6. The molecule has 0 aliphatic heterocycles. The quantitative estimate of drug-likeness (QED) is 0.691. The molecule has 0 aliphatic rings. The Balaban J connectivity index is 1.64. The molecule has 0 unspecified atom stereocenters. The van der Waals surface area contributed by atoms with Gasteiger partial charge in [0.15, 0.2) is 0 Å². The van der Waals surface area contributed by atoms with Crippen molar-refractivity contribution < 1.29 is 18.0 Å². The van der Waals surface area contributed by atoms with Gasteiger partial charge in [0.05, 0.1) is 17.8 Å². The number of rotatable bonds is 4. The average molecular weight is 376 g/mol. The monoisotopic (exact) mass is 376 g/mol. The minimum atomic E-state index is -4.42. The molecular formula is C19H15F3N2OS. The molecule has 3 aromatic rings. The van der Waals surface area contributed by atoms with Gasteiger partial charge in [-0.3, -0.25) is 4.79 Å². The van der Waals surface area contributed by atoms with E-state index in [1.807, 2.05) is 36.6 Å². The number of carbonyl (C=O) groups is 1. The van der Waals surface area contributed by atoms with E-state index in [9.17, 15) is 18.0 Å². The van der Waals surface area contributed by atoms with E-state index in [1.54, 1.807) is 0 Å². The highest BCUT2D eigenvalue weighted by Crippen LogP contribution is 2.29. The van der Waals surface area contributed by atoms with E-state index in [2.05, 4.69) is 10.3 Å². The maximum absolute atomic E-state index is 12.6. The highest BCUT2D eigenvalue weighted by Gasteiger charge is 2.30. The van der Waals surface area contributed by atoms with E-state index in [0.717, 1.165) is 40.4 Å². The van der Waals surface area contributed by atoms with Gasteiger partial charge in [0.25, 0.3) is 5.91 Å². The van der Waals surface area contributed by atoms with Crippen LogP contribution in [0.15, 0.2) is 53.9 Å². The van der Waals surface area contributed by atoms with E-state index in [4.69, 9.17) is 0 Å². The summed E-state index contributed by atoms with van der Waals surface area (Å²) in [7, 11) is 0. The Morgan fingerprint density at radius 3 is 2.46 bits per heavy atom. The van der Waals surface area contributed by atoms with E-state index < -0.39 is 17.6 Å². The maximum Gasteiger partial charge on any atom is 0.416 e. The number of amides is 1. The molecule has 2 aromatic carbocycles. The number of carbonyl (C=O) groups excluding carboxylic acids is 1. The zero-order valence-electron chi connectivity index (χ0n) is 13.8. The fourth-order valence-corrected chi connectivity index (χ4v) is 3.32. The number of aryl methyl sites for hydroxylation is 1. The Morgan fingerprint density at radius 2 is 1.81 bits per heavy atom. The van der Waals surface area contributed by atoms with Crippen LogP contribution in [0, 0.1) is 6.92 Å². The number of hydrogen-bond acceptors (Lipinski definition) is 3. The van der Waals surface area contributed by atoms with Crippen molar-refractivity contribution in [2.75, 3.05) is 0 Å². The van der Waals surface area contributed by atoms with Crippen molar-refractivity contribution in [3.05, 3.63) is 76.3 Å². The van der Waals surface area contributed by atoms with Crippen molar-refractivity contribution in [1.82, 2.24) is 10.3 Å². The standard InChI is InChI=1S/C19H15F3N2OS/c1-12-4-2-3-5-16(12)18-24-15(11-26-18)10-23-17(25)13-6-8-14(9-7-13)19(20,21)22/h2-9,11H,10H2,1H3,(H,23,25). The highest BCUT2D eigenvalue weighted by molar-refractivity contribution is 7.13. The van der Waals surface area contributed by atoms with Crippen molar-refractivity contribution in [3.8, 4) is 10.6 Å². The molecule has 0 aliphatic carbocycles. The number of nitrogens with one attached hydrogen (secondary N) is 1. The Bertz CT molecular complexity index is 917. The minimum absolute atomic E-state index is 0.173. The molecule has 0 bridgehead atoms. The van der Waals surface area contributed by atoms with Crippen LogP contribution in [0.2, 0.25) is 0 Å². The number of aromatic nitrogens is 1. The molecule has 1 heterocycles. The van der Waals surface area contributed by atoms with Crippen LogP contribution in [-0.2, 0) is 12.7 Å². The number of thiazole rings is 1. The minimum Gasteiger partial charge on any atom is -0.346 e. The topological polar surface area (TPSA) is 42.0 Å². The zero-order chi connectivity index (χ0) is 18.7. The molecular weight excluding hydrogens is 361 g/mol. The van der Waals surface area contributed by atoms with Crippen LogP contribution < -0.4 is 5.32 Å². The summed E-state index contributed by atoms with van der Waals surface area (Å²) in [4.78, 5) is 16.6. The van der Waals surface area contributed by atoms with Gasteiger partial charge in [-0.1, -0.05) is 24.3 Å². The number of nitrogens with zero attached hydrogens (tertiary/aromatic N) is 1. The third-order valence-electron chi connectivity index (χ3n) is 3.83. The molecule has 1 aromatic heterocycles. The summed E-state index contributed by atoms with van der Waals surface area (Å²) in [5.41, 5.74) is 2.25. The first-order chi connectivity index (χ1) is 12.3. The first kappa shape index (κ1) is 18.1. The van der Waals surface area contributed by atoms with Crippen LogP contribution in [0.1, 0.15) is 27.2 Å². The Morgan fingerprint density at radius 1 is 1.12 bits per heavy atom. The lowest BCUT2D eigenvalue weighted by Crippen LogP contribution is -2.23. The summed E-state index contributed by atoms with van der Waals surface area (Å²) < 4.78 is 37.7. The normalized spacial score (nSPS) is 11.4. The fraction of sp³-hybridized carbons (Fsp3) is 0.158. The molecule has 26 heavy (non-hydrogen) atoms. The molecule has 134 valence electrons. The van der Waals surface area contributed by atoms with Crippen LogP contribution in [0.4, 0.5) is 13.2 Å². The molecule has 0 radical (unpaired) electrons. The molecule has 0 saturated heterocycles. The first-order valence-electron chi connectivity index (χ1n) is 7.80. The molecule has 1 amide bonds. The Hall–Kier alpha value is -2.67. The number of benzene rings is 2. The van der Waals surface area contributed by atoms with Gasteiger partial charge >= 0.3 is 6.18 Å². The second-order valence-corrected chi connectivity index (χ2v) is 6.57. The van der Waals surface area contributed by atoms with Gasteiger partial charge in [-0.15, -0.1) is 11.3 Å². The number of halogens is 3. The van der Waals surface area contributed by atoms with E-state index in [-0.39, 0.29) is 12.1 Å². The first-order valence-corrected chi connectivity index (χ1v) is 8.68. The van der Waals surface area contributed by atoms with E-state index in [0.29, 0.717) is 5.69 Å². The predicted molar refractivity (Wildman–Crippen MR) is 94.9 cm³/mol. The lowest BCUT2D eigenvalue weighted by molar-refractivity contribution is -0.137. The molecule has 3 rings (SSSR count). The van der Waals surface area contributed by atoms with E-state index in [1.165, 1.54) is 11.3 Å². The molecule has 3 nitrogen and oxygen atoms in total. The van der Waals surface area contributed by atoms with Crippen LogP contribution >= 0.6 is 11.3 Å². The summed E-state index contributed by atoms with van der Waals surface area (Å²) in [6, 6.07) is 12.0. The van der Waals surface area contributed by atoms with E-state index >= 15 is 0 Å². The number of hydrogen-bond donors (Lipinski definition) is 1. The van der Waals surface area contributed by atoms with Gasteiger partial charge in [0.2, 0.25) is 0 Å². The van der Waals surface area contributed by atoms with Gasteiger partial charge in [-0.2, -0.15) is 13.2 Å². The van der Waals surface area contributed by atoms with Gasteiger partial charge in [-0.25, -0.2) is 4.98 Å². The summed E-state index contributed by atoms with van der Waals surface area (Å²) in [6.07, 6.45) is -4.42. The molecule has 0 saturated carbocycles. The van der Waals surface area contributed by atoms with Gasteiger partial charge in [-0.05, 0) is 36.8 Å². The molecule has 0 atom stereocenters. The molecule has 1 N–H and O–H groups in total. The van der Waals surface area contributed by atoms with Crippen molar-refractivity contribution in [2.45, 2.75) is 19.6 Å². The van der Waals surface area contributed by atoms with Crippen LogP contribution in [-0.4, -0.2) is 10.9 Å². The lowest BCUT2D eigenvalue weighted by Gasteiger charge is -2.07. The van der Waals surface area contributed by atoms with Gasteiger partial charge in [0, 0.05) is 16.5 Å². The van der Waals surface area contributed by atoms with Crippen LogP contribution in [0.3, 0.4) is 0 Å². The second kappa shape index (κ2) is 7.29. The van der Waals surface area contributed by atoms with Crippen molar-refractivity contribution in [2.24, 2.45) is 0 Å². The summed E-state index contributed by atoms with van der Waals surface area (Å²) in [5.74, 6) is -0.441. The maximum atomic E-state index is 12.6. The van der Waals surface area contributed by atoms with Crippen LogP contribution in [0.5, 0.6) is 0 Å². The average Bonchev–Trinajstić information content (AvgIpc) is 3.08. The third-order valence-corrected chi connectivity index (χ3v) is 4.76. The Labute approximate surface area is 152 Å². The third kappa shape index (κ3) is 4.11. The molecule has 7 heteroatoms. The van der Waals surface area contributed by atoms with Crippen LogP contribution in [0.25, 0.3) is 10.6 Å². The summed E-state index contributed by atoms with van der Waals surface area (Å²) in [6.45, 7) is 2.21. The predicted octanol–water partition coefficient (Wildman–Crippen LogP) is 5.07. The van der Waals surface area contributed by atoms with Gasteiger partial charge < -0.3 is 5.32 Å².